The number of unbranched alkanes of at least 4 members (excludes halogenated alkanes) is 4. The van der Waals surface area contributed by atoms with E-state index in [1.165, 1.54) is 37.7 Å². The summed E-state index contributed by atoms with van der Waals surface area (Å²) in [5.74, 6) is 0. The van der Waals surface area contributed by atoms with Gasteiger partial charge in [-0.3, -0.25) is 0 Å². The first-order valence-electron chi connectivity index (χ1n) is 8.23. The maximum Gasteiger partial charge on any atom is 0.147 e. The average Bonchev–Trinajstić information content (AvgIpc) is 2.52. The van der Waals surface area contributed by atoms with E-state index in [1.807, 2.05) is 25.1 Å². The molecule has 21 heavy (non-hydrogen) atoms. The largest absolute Gasteiger partial charge is 0.351 e. The molecule has 1 atom stereocenters. The van der Waals surface area contributed by atoms with Crippen molar-refractivity contribution in [3.05, 3.63) is 48.0 Å². The Morgan fingerprint density at radius 2 is 1.81 bits per heavy atom. The van der Waals surface area contributed by atoms with Crippen molar-refractivity contribution in [1.29, 1.82) is 0 Å². The van der Waals surface area contributed by atoms with Crippen LogP contribution in [0.15, 0.2) is 42.5 Å². The fourth-order valence-electron chi connectivity index (χ4n) is 2.27. The zero-order valence-electron chi connectivity index (χ0n) is 13.6. The molecule has 0 heterocycles. The molecule has 0 saturated carbocycles. The van der Waals surface area contributed by atoms with Crippen LogP contribution in [-0.4, -0.2) is 12.9 Å². The van der Waals surface area contributed by atoms with Gasteiger partial charge < -0.3 is 9.47 Å². The molecule has 0 aliphatic carbocycles. The van der Waals surface area contributed by atoms with Gasteiger partial charge in [0.05, 0.1) is 12.7 Å². The van der Waals surface area contributed by atoms with E-state index in [0.717, 1.165) is 6.42 Å². The molecular weight excluding hydrogens is 260 g/mol. The monoisotopic (exact) mass is 290 g/mol. The smallest absolute Gasteiger partial charge is 0.147 e. The van der Waals surface area contributed by atoms with Crippen LogP contribution in [0.2, 0.25) is 0 Å². The highest BCUT2D eigenvalue weighted by Crippen LogP contribution is 2.11. The zero-order chi connectivity index (χ0) is 15.2. The van der Waals surface area contributed by atoms with Crippen LogP contribution in [0.1, 0.15) is 57.9 Å². The molecule has 0 aliphatic rings. The molecule has 1 rings (SSSR count). The van der Waals surface area contributed by atoms with Crippen molar-refractivity contribution >= 4 is 0 Å². The molecule has 0 unspecified atom stereocenters. The van der Waals surface area contributed by atoms with E-state index in [1.54, 1.807) is 0 Å². The Labute approximate surface area is 130 Å². The lowest BCUT2D eigenvalue weighted by Crippen LogP contribution is -2.12. The molecule has 0 spiro atoms. The van der Waals surface area contributed by atoms with E-state index < -0.39 is 0 Å². The molecule has 0 bridgehead atoms. The summed E-state index contributed by atoms with van der Waals surface area (Å²) in [5.41, 5.74) is 1.18. The number of rotatable bonds is 12. The summed E-state index contributed by atoms with van der Waals surface area (Å²) < 4.78 is 11.4. The Morgan fingerprint density at radius 3 is 2.52 bits per heavy atom. The van der Waals surface area contributed by atoms with E-state index in [4.69, 9.17) is 9.47 Å². The summed E-state index contributed by atoms with van der Waals surface area (Å²) in [6, 6.07) is 10.2. The van der Waals surface area contributed by atoms with Crippen molar-refractivity contribution in [3.8, 4) is 0 Å². The van der Waals surface area contributed by atoms with E-state index in [2.05, 4.69) is 31.2 Å². The first-order chi connectivity index (χ1) is 10.4. The van der Waals surface area contributed by atoms with Crippen LogP contribution in [0.4, 0.5) is 0 Å². The fraction of sp³-hybridized carbons (Fsp3) is 0.579. The average molecular weight is 290 g/mol. The highest BCUT2D eigenvalue weighted by Gasteiger charge is 2.04. The van der Waals surface area contributed by atoms with Crippen molar-refractivity contribution in [2.75, 3.05) is 6.79 Å². The molecule has 118 valence electrons. The van der Waals surface area contributed by atoms with E-state index >= 15 is 0 Å². The topological polar surface area (TPSA) is 18.5 Å². The molecule has 1 aromatic rings. The van der Waals surface area contributed by atoms with Crippen molar-refractivity contribution in [2.45, 2.75) is 65.1 Å². The second-order valence-corrected chi connectivity index (χ2v) is 5.39. The first kappa shape index (κ1) is 17.9. The number of hydrogen-bond donors (Lipinski definition) is 0. The Morgan fingerprint density at radius 1 is 1.05 bits per heavy atom. The lowest BCUT2D eigenvalue weighted by molar-refractivity contribution is -0.0843. The number of benzene rings is 1. The van der Waals surface area contributed by atoms with Crippen LogP contribution < -0.4 is 0 Å². The Hall–Kier alpha value is -1.12. The Balaban J connectivity index is 2.12. The fourth-order valence-corrected chi connectivity index (χ4v) is 2.27. The summed E-state index contributed by atoms with van der Waals surface area (Å²) in [6.07, 6.45) is 12.0. The summed E-state index contributed by atoms with van der Waals surface area (Å²) in [7, 11) is 0. The molecule has 0 aliphatic heterocycles. The zero-order valence-corrected chi connectivity index (χ0v) is 13.6. The van der Waals surface area contributed by atoms with Gasteiger partial charge in [0.1, 0.15) is 6.79 Å². The highest BCUT2D eigenvalue weighted by molar-refractivity contribution is 5.13. The van der Waals surface area contributed by atoms with Crippen molar-refractivity contribution < 1.29 is 9.47 Å². The molecule has 0 radical (unpaired) electrons. The predicted molar refractivity (Wildman–Crippen MR) is 89.2 cm³/mol. The van der Waals surface area contributed by atoms with Gasteiger partial charge in [0, 0.05) is 0 Å². The molecule has 0 amide bonds. The third-order valence-electron chi connectivity index (χ3n) is 3.48. The number of ether oxygens (including phenoxy) is 2. The Bertz CT molecular complexity index is 359. The highest BCUT2D eigenvalue weighted by atomic mass is 16.7. The number of allylic oxidation sites excluding steroid dienone is 1. The molecule has 0 saturated heterocycles. The van der Waals surface area contributed by atoms with Crippen LogP contribution in [0.25, 0.3) is 0 Å². The SMILES string of the molecule is C/C=C/[C@H](CCCCCCC)OCOCc1ccccc1. The quantitative estimate of drug-likeness (QED) is 0.288. The molecule has 0 aromatic heterocycles. The molecule has 1 aromatic carbocycles. The van der Waals surface area contributed by atoms with Crippen LogP contribution in [-0.2, 0) is 16.1 Å². The van der Waals surface area contributed by atoms with Gasteiger partial charge in [-0.25, -0.2) is 0 Å². The summed E-state index contributed by atoms with van der Waals surface area (Å²) in [5, 5.41) is 0. The molecule has 2 heteroatoms. The third kappa shape index (κ3) is 9.43. The Kier molecular flexibility index (Phi) is 10.8. The molecule has 0 N–H and O–H groups in total. The van der Waals surface area contributed by atoms with Gasteiger partial charge >= 0.3 is 0 Å². The molecule has 0 fully saturated rings. The van der Waals surface area contributed by atoms with Crippen LogP contribution in [0.5, 0.6) is 0 Å². The maximum atomic E-state index is 5.80. The van der Waals surface area contributed by atoms with Gasteiger partial charge in [-0.15, -0.1) is 0 Å². The summed E-state index contributed by atoms with van der Waals surface area (Å²) in [4.78, 5) is 0. The van der Waals surface area contributed by atoms with Crippen molar-refractivity contribution in [1.82, 2.24) is 0 Å². The lowest BCUT2D eigenvalue weighted by atomic mass is 10.1. The van der Waals surface area contributed by atoms with Crippen LogP contribution in [0, 0.1) is 0 Å². The normalized spacial score (nSPS) is 12.9. The lowest BCUT2D eigenvalue weighted by Gasteiger charge is -2.14. The minimum atomic E-state index is 0.187. The second-order valence-electron chi connectivity index (χ2n) is 5.39. The van der Waals surface area contributed by atoms with Crippen molar-refractivity contribution in [3.63, 3.8) is 0 Å². The predicted octanol–water partition coefficient (Wildman–Crippen LogP) is 5.48. The van der Waals surface area contributed by atoms with E-state index in [9.17, 15) is 0 Å². The van der Waals surface area contributed by atoms with Gasteiger partial charge in [-0.2, -0.15) is 0 Å². The van der Waals surface area contributed by atoms with Gasteiger partial charge in [0.2, 0.25) is 0 Å². The molecule has 2 nitrogen and oxygen atoms in total. The summed E-state index contributed by atoms with van der Waals surface area (Å²) in [6.45, 7) is 5.26. The van der Waals surface area contributed by atoms with Gasteiger partial charge in [0.25, 0.3) is 0 Å². The van der Waals surface area contributed by atoms with Crippen molar-refractivity contribution in [2.24, 2.45) is 0 Å². The van der Waals surface area contributed by atoms with Crippen LogP contribution in [0.3, 0.4) is 0 Å². The first-order valence-corrected chi connectivity index (χ1v) is 8.23. The molecular formula is C19H30O2. The van der Waals surface area contributed by atoms with E-state index in [0.29, 0.717) is 13.4 Å². The van der Waals surface area contributed by atoms with Gasteiger partial charge in [-0.05, 0) is 18.9 Å². The summed E-state index contributed by atoms with van der Waals surface area (Å²) >= 11 is 0. The third-order valence-corrected chi connectivity index (χ3v) is 3.48. The minimum Gasteiger partial charge on any atom is -0.351 e. The second kappa shape index (κ2) is 12.6. The maximum absolute atomic E-state index is 5.80. The van der Waals surface area contributed by atoms with Crippen LogP contribution >= 0.6 is 0 Å². The number of hydrogen-bond acceptors (Lipinski definition) is 2. The minimum absolute atomic E-state index is 0.187. The van der Waals surface area contributed by atoms with E-state index in [-0.39, 0.29) is 6.10 Å². The van der Waals surface area contributed by atoms with Gasteiger partial charge in [-0.1, -0.05) is 81.5 Å². The van der Waals surface area contributed by atoms with Gasteiger partial charge in [0.15, 0.2) is 0 Å². The standard InChI is InChI=1S/C19H30O2/c1-3-5-6-7-11-15-19(12-4-2)21-17-20-16-18-13-9-8-10-14-18/h4,8-10,12-14,19H,3,5-7,11,15-17H2,1-2H3/b12-4+/t19-/m1/s1.